The van der Waals surface area contributed by atoms with Crippen molar-refractivity contribution in [3.8, 4) is 22.6 Å². The fourth-order valence-electron chi connectivity index (χ4n) is 5.09. The van der Waals surface area contributed by atoms with Crippen molar-refractivity contribution in [2.45, 2.75) is 30.7 Å². The molecule has 2 aromatic carbocycles. The molecule has 14 heteroatoms. The Morgan fingerprint density at radius 2 is 1.98 bits per heavy atom. The van der Waals surface area contributed by atoms with Crippen molar-refractivity contribution >= 4 is 55.6 Å². The summed E-state index contributed by atoms with van der Waals surface area (Å²) >= 11 is 7.47. The lowest BCUT2D eigenvalue weighted by atomic mass is 10.1. The van der Waals surface area contributed by atoms with E-state index in [1.54, 1.807) is 18.3 Å². The maximum absolute atomic E-state index is 13.3. The van der Waals surface area contributed by atoms with Gasteiger partial charge in [-0.15, -0.1) is 11.3 Å². The molecule has 0 radical (unpaired) electrons. The van der Waals surface area contributed by atoms with Crippen LogP contribution < -0.4 is 16.0 Å². The smallest absolute Gasteiger partial charge is 0.319 e. The van der Waals surface area contributed by atoms with Crippen LogP contribution in [-0.4, -0.2) is 63.8 Å². The van der Waals surface area contributed by atoms with Crippen molar-refractivity contribution in [2.75, 3.05) is 30.3 Å². The number of amides is 2. The molecular weight excluding hydrogens is 608 g/mol. The molecule has 0 saturated carbocycles. The number of carbonyl (C=O) groups excluding carboxylic acids is 1. The first-order chi connectivity index (χ1) is 20.8. The van der Waals surface area contributed by atoms with Gasteiger partial charge in [0.15, 0.2) is 4.96 Å². The molecule has 11 nitrogen and oxygen atoms in total. The van der Waals surface area contributed by atoms with Crippen molar-refractivity contribution in [1.82, 2.24) is 29.0 Å². The molecule has 1 aliphatic rings. The fourth-order valence-corrected chi connectivity index (χ4v) is 7.45. The third-order valence-electron chi connectivity index (χ3n) is 7.06. The van der Waals surface area contributed by atoms with E-state index >= 15 is 0 Å². The van der Waals surface area contributed by atoms with Gasteiger partial charge in [0.05, 0.1) is 16.3 Å². The highest BCUT2D eigenvalue weighted by Crippen LogP contribution is 2.35. The molecule has 6 rings (SSSR count). The molecule has 3 aromatic heterocycles. The average Bonchev–Trinajstić information content (AvgIpc) is 3.60. The second kappa shape index (κ2) is 12.3. The van der Waals surface area contributed by atoms with Gasteiger partial charge < -0.3 is 16.0 Å². The molecule has 43 heavy (non-hydrogen) atoms. The Labute approximate surface area is 258 Å². The standard InChI is InChI=1S/C29H29ClN8O3S2/c1-2-31-28(39)34-21-6-3-5-19(17-21)25-26(38-15-16-42-29(38)36-25)24-12-13-32-27(35-24)33-22-7-4-14-37(18-22)43(40,41)23-10-8-20(30)9-11-23/h3,5-6,8-13,15-17,22H,2,4,7,14,18H2,1H3,(H2,31,34,39)(H,32,33,35)/t22-/m1/s1. The Morgan fingerprint density at radius 1 is 1.14 bits per heavy atom. The van der Waals surface area contributed by atoms with Crippen molar-refractivity contribution in [2.24, 2.45) is 0 Å². The number of benzene rings is 2. The number of sulfonamides is 1. The second-order valence-corrected chi connectivity index (χ2v) is 13.2. The predicted octanol–water partition coefficient (Wildman–Crippen LogP) is 5.58. The van der Waals surface area contributed by atoms with Crippen molar-refractivity contribution in [3.63, 3.8) is 0 Å². The SMILES string of the molecule is CCNC(=O)Nc1cccc(-c2nc3sccn3c2-c2ccnc(N[C@@H]3CCCN(S(=O)(=O)c4ccc(Cl)cc4)C3)n2)c1. The van der Waals surface area contributed by atoms with Crippen LogP contribution in [0.4, 0.5) is 16.4 Å². The third kappa shape index (κ3) is 6.20. The number of hydrogen-bond donors (Lipinski definition) is 3. The Bertz CT molecular complexity index is 1870. The zero-order valence-electron chi connectivity index (χ0n) is 23.2. The van der Waals surface area contributed by atoms with E-state index < -0.39 is 10.0 Å². The van der Waals surface area contributed by atoms with E-state index in [0.29, 0.717) is 47.6 Å². The van der Waals surface area contributed by atoms with Crippen LogP contribution in [0, 0.1) is 0 Å². The van der Waals surface area contributed by atoms with Gasteiger partial charge in [0.25, 0.3) is 0 Å². The third-order valence-corrected chi connectivity index (χ3v) is 9.95. The summed E-state index contributed by atoms with van der Waals surface area (Å²) in [5.74, 6) is 0.399. The Morgan fingerprint density at radius 3 is 2.79 bits per heavy atom. The molecule has 1 aliphatic heterocycles. The summed E-state index contributed by atoms with van der Waals surface area (Å²) in [6.45, 7) is 3.11. The predicted molar refractivity (Wildman–Crippen MR) is 169 cm³/mol. The molecule has 5 aromatic rings. The minimum absolute atomic E-state index is 0.172. The van der Waals surface area contributed by atoms with Crippen LogP contribution in [0.25, 0.3) is 27.6 Å². The highest BCUT2D eigenvalue weighted by molar-refractivity contribution is 7.89. The first-order valence-corrected chi connectivity index (χ1v) is 16.5. The van der Waals surface area contributed by atoms with Gasteiger partial charge in [-0.3, -0.25) is 4.40 Å². The number of hydrogen-bond acceptors (Lipinski definition) is 8. The highest BCUT2D eigenvalue weighted by atomic mass is 35.5. The summed E-state index contributed by atoms with van der Waals surface area (Å²) in [5, 5.41) is 11.4. The second-order valence-electron chi connectivity index (χ2n) is 10.00. The van der Waals surface area contributed by atoms with Gasteiger partial charge >= 0.3 is 6.03 Å². The number of aromatic nitrogens is 4. The molecule has 4 heterocycles. The molecule has 222 valence electrons. The van der Waals surface area contributed by atoms with Crippen LogP contribution in [-0.2, 0) is 10.0 Å². The molecule has 3 N–H and O–H groups in total. The monoisotopic (exact) mass is 636 g/mol. The minimum atomic E-state index is -3.66. The molecule has 1 fully saturated rings. The van der Waals surface area contributed by atoms with Crippen molar-refractivity contribution in [1.29, 1.82) is 0 Å². The van der Waals surface area contributed by atoms with E-state index in [0.717, 1.165) is 22.6 Å². The number of nitrogens with zero attached hydrogens (tertiary/aromatic N) is 5. The largest absolute Gasteiger partial charge is 0.350 e. The summed E-state index contributed by atoms with van der Waals surface area (Å²) in [6.07, 6.45) is 5.10. The Hall–Kier alpha value is -4.04. The van der Waals surface area contributed by atoms with Crippen LogP contribution in [0.2, 0.25) is 5.02 Å². The lowest BCUT2D eigenvalue weighted by molar-refractivity contribution is 0.252. The molecular formula is C29H29ClN8O3S2. The van der Waals surface area contributed by atoms with E-state index in [1.807, 2.05) is 53.2 Å². The quantitative estimate of drug-likeness (QED) is 0.202. The number of anilines is 2. The molecule has 2 amide bonds. The number of piperidine rings is 1. The van der Waals surface area contributed by atoms with Gasteiger partial charge in [-0.25, -0.2) is 28.2 Å². The highest BCUT2D eigenvalue weighted by Gasteiger charge is 2.31. The molecule has 0 aliphatic carbocycles. The Balaban J connectivity index is 1.26. The van der Waals surface area contributed by atoms with Gasteiger partial charge in [-0.1, -0.05) is 23.7 Å². The summed E-state index contributed by atoms with van der Waals surface area (Å²) in [5.41, 5.74) is 3.62. The first kappa shape index (κ1) is 29.1. The average molecular weight is 637 g/mol. The number of imidazole rings is 1. The van der Waals surface area contributed by atoms with Crippen molar-refractivity contribution in [3.05, 3.63) is 77.4 Å². The van der Waals surface area contributed by atoms with Crippen LogP contribution >= 0.6 is 22.9 Å². The normalized spacial score (nSPS) is 15.8. The summed E-state index contributed by atoms with van der Waals surface area (Å²) in [7, 11) is -3.66. The fraction of sp³-hybridized carbons (Fsp3) is 0.241. The lowest BCUT2D eigenvalue weighted by Gasteiger charge is -2.32. The maximum Gasteiger partial charge on any atom is 0.319 e. The minimum Gasteiger partial charge on any atom is -0.350 e. The van der Waals surface area contributed by atoms with Crippen LogP contribution in [0.3, 0.4) is 0 Å². The molecule has 0 bridgehead atoms. The van der Waals surface area contributed by atoms with E-state index in [4.69, 9.17) is 21.6 Å². The number of thiazole rings is 1. The van der Waals surface area contributed by atoms with Gasteiger partial charge in [0.2, 0.25) is 16.0 Å². The number of halogens is 1. The molecule has 0 spiro atoms. The number of carbonyl (C=O) groups is 1. The Kier molecular flexibility index (Phi) is 8.30. The van der Waals surface area contributed by atoms with Crippen molar-refractivity contribution < 1.29 is 13.2 Å². The maximum atomic E-state index is 13.3. The summed E-state index contributed by atoms with van der Waals surface area (Å²) < 4.78 is 30.0. The zero-order valence-corrected chi connectivity index (χ0v) is 25.6. The van der Waals surface area contributed by atoms with E-state index in [-0.39, 0.29) is 23.5 Å². The number of nitrogens with one attached hydrogen (secondary N) is 3. The first-order valence-electron chi connectivity index (χ1n) is 13.8. The van der Waals surface area contributed by atoms with Gasteiger partial charge in [-0.2, -0.15) is 4.31 Å². The van der Waals surface area contributed by atoms with E-state index in [2.05, 4.69) is 20.9 Å². The van der Waals surface area contributed by atoms with Crippen LogP contribution in [0.15, 0.2) is 77.3 Å². The van der Waals surface area contributed by atoms with Crippen LogP contribution in [0.1, 0.15) is 19.8 Å². The molecule has 0 unspecified atom stereocenters. The van der Waals surface area contributed by atoms with E-state index in [9.17, 15) is 13.2 Å². The summed E-state index contributed by atoms with van der Waals surface area (Å²) in [4.78, 5) is 27.3. The van der Waals surface area contributed by atoms with Gasteiger partial charge in [0, 0.05) is 59.7 Å². The zero-order chi connectivity index (χ0) is 30.0. The molecule has 1 atom stereocenters. The molecule has 1 saturated heterocycles. The number of urea groups is 1. The van der Waals surface area contributed by atoms with Gasteiger partial charge in [-0.05, 0) is 62.2 Å². The number of rotatable bonds is 8. The van der Waals surface area contributed by atoms with Gasteiger partial charge in [0.1, 0.15) is 5.69 Å². The topological polar surface area (TPSA) is 134 Å². The summed E-state index contributed by atoms with van der Waals surface area (Å²) in [6, 6.07) is 15.1. The number of fused-ring (bicyclic) bond motifs is 1. The van der Waals surface area contributed by atoms with Crippen LogP contribution in [0.5, 0.6) is 0 Å². The lowest BCUT2D eigenvalue weighted by Crippen LogP contribution is -2.45. The van der Waals surface area contributed by atoms with E-state index in [1.165, 1.54) is 27.8 Å².